The van der Waals surface area contributed by atoms with Crippen molar-refractivity contribution in [3.8, 4) is 6.07 Å². The van der Waals surface area contributed by atoms with Crippen molar-refractivity contribution in [1.82, 2.24) is 5.32 Å². The maximum Gasteiger partial charge on any atom is 0.240 e. The molecule has 3 N–H and O–H groups in total. The van der Waals surface area contributed by atoms with Crippen LogP contribution >= 0.6 is 0 Å². The van der Waals surface area contributed by atoms with E-state index in [-0.39, 0.29) is 24.7 Å². The largest absolute Gasteiger partial charge is 0.381 e. The Bertz CT molecular complexity index is 305. The summed E-state index contributed by atoms with van der Waals surface area (Å²) in [6.45, 7) is 0.951. The quantitative estimate of drug-likeness (QED) is 0.645. The van der Waals surface area contributed by atoms with Crippen LogP contribution in [0.15, 0.2) is 0 Å². The van der Waals surface area contributed by atoms with Crippen LogP contribution in [0.2, 0.25) is 0 Å². The summed E-state index contributed by atoms with van der Waals surface area (Å²) >= 11 is 0. The van der Waals surface area contributed by atoms with Gasteiger partial charge in [0.15, 0.2) is 0 Å². The van der Waals surface area contributed by atoms with Crippen molar-refractivity contribution in [1.29, 1.82) is 5.26 Å². The van der Waals surface area contributed by atoms with Crippen LogP contribution in [-0.4, -0.2) is 31.1 Å². The van der Waals surface area contributed by atoms with Crippen molar-refractivity contribution >= 4 is 11.8 Å². The molecule has 2 atom stereocenters. The fourth-order valence-corrected chi connectivity index (χ4v) is 1.53. The van der Waals surface area contributed by atoms with E-state index in [1.165, 1.54) is 0 Å². The van der Waals surface area contributed by atoms with E-state index in [1.807, 2.05) is 6.07 Å². The summed E-state index contributed by atoms with van der Waals surface area (Å²) in [5.41, 5.74) is 5.13. The van der Waals surface area contributed by atoms with Crippen molar-refractivity contribution in [2.75, 3.05) is 13.2 Å². The van der Waals surface area contributed by atoms with Crippen LogP contribution in [0.3, 0.4) is 0 Å². The Labute approximate surface area is 93.7 Å². The fourth-order valence-electron chi connectivity index (χ4n) is 1.53. The summed E-state index contributed by atoms with van der Waals surface area (Å²) in [7, 11) is 0. The molecule has 0 aromatic heterocycles. The van der Waals surface area contributed by atoms with Crippen molar-refractivity contribution in [2.45, 2.75) is 25.3 Å². The van der Waals surface area contributed by atoms with E-state index < -0.39 is 11.9 Å². The van der Waals surface area contributed by atoms with Gasteiger partial charge in [-0.2, -0.15) is 5.26 Å². The number of rotatable bonds is 5. The number of carbonyl (C=O) groups is 2. The summed E-state index contributed by atoms with van der Waals surface area (Å²) in [5.74, 6) is -1.04. The molecule has 6 heteroatoms. The standard InChI is InChI=1S/C10H15N3O3/c11-4-1-2-8(9(12)14)13-10(15)7-3-5-16-6-7/h7-8H,1-3,5-6H2,(H2,12,14)(H,13,15)/t7-,8+/m0/s1. The summed E-state index contributed by atoms with van der Waals surface area (Å²) < 4.78 is 5.07. The van der Waals surface area contributed by atoms with Crippen LogP contribution in [0.1, 0.15) is 19.3 Å². The van der Waals surface area contributed by atoms with Crippen LogP contribution in [0.4, 0.5) is 0 Å². The SMILES string of the molecule is N#CCC[C@@H](NC(=O)[C@H]1CCOC1)C(N)=O. The van der Waals surface area contributed by atoms with Gasteiger partial charge in [-0.15, -0.1) is 0 Å². The first-order chi connectivity index (χ1) is 7.65. The third-order valence-electron chi connectivity index (χ3n) is 2.51. The number of nitrogens with zero attached hydrogens (tertiary/aromatic N) is 1. The van der Waals surface area contributed by atoms with Gasteiger partial charge in [0, 0.05) is 13.0 Å². The van der Waals surface area contributed by atoms with Crippen LogP contribution in [0.25, 0.3) is 0 Å². The number of ether oxygens (including phenoxy) is 1. The summed E-state index contributed by atoms with van der Waals surface area (Å²) in [6.07, 6.45) is 1.11. The molecular formula is C10H15N3O3. The molecule has 0 aromatic rings. The Morgan fingerprint density at radius 3 is 2.88 bits per heavy atom. The van der Waals surface area contributed by atoms with Gasteiger partial charge in [-0.05, 0) is 12.8 Å². The molecule has 6 nitrogen and oxygen atoms in total. The number of nitriles is 1. The van der Waals surface area contributed by atoms with E-state index in [9.17, 15) is 9.59 Å². The van der Waals surface area contributed by atoms with E-state index >= 15 is 0 Å². The zero-order valence-corrected chi connectivity index (χ0v) is 8.94. The molecule has 16 heavy (non-hydrogen) atoms. The van der Waals surface area contributed by atoms with Gasteiger partial charge in [-0.1, -0.05) is 0 Å². The molecule has 0 unspecified atom stereocenters. The first-order valence-electron chi connectivity index (χ1n) is 5.19. The highest BCUT2D eigenvalue weighted by Crippen LogP contribution is 2.12. The Morgan fingerprint density at radius 1 is 1.62 bits per heavy atom. The smallest absolute Gasteiger partial charge is 0.240 e. The van der Waals surface area contributed by atoms with Gasteiger partial charge in [0.2, 0.25) is 11.8 Å². The predicted octanol–water partition coefficient (Wildman–Crippen LogP) is -0.703. The fraction of sp³-hybridized carbons (Fsp3) is 0.700. The second-order valence-corrected chi connectivity index (χ2v) is 3.72. The highest BCUT2D eigenvalue weighted by Gasteiger charge is 2.26. The van der Waals surface area contributed by atoms with Crippen molar-refractivity contribution < 1.29 is 14.3 Å². The third kappa shape index (κ3) is 3.51. The minimum absolute atomic E-state index is 0.190. The number of hydrogen-bond donors (Lipinski definition) is 2. The molecule has 1 aliphatic rings. The van der Waals surface area contributed by atoms with Crippen LogP contribution in [-0.2, 0) is 14.3 Å². The molecule has 1 rings (SSSR count). The first-order valence-corrected chi connectivity index (χ1v) is 5.19. The third-order valence-corrected chi connectivity index (χ3v) is 2.51. The molecule has 1 saturated heterocycles. The maximum absolute atomic E-state index is 11.6. The first kappa shape index (κ1) is 12.5. The lowest BCUT2D eigenvalue weighted by Crippen LogP contribution is -2.46. The van der Waals surface area contributed by atoms with Gasteiger partial charge in [0.1, 0.15) is 6.04 Å². The monoisotopic (exact) mass is 225 g/mol. The zero-order chi connectivity index (χ0) is 12.0. The number of primary amides is 1. The second-order valence-electron chi connectivity index (χ2n) is 3.72. The van der Waals surface area contributed by atoms with Crippen molar-refractivity contribution in [3.63, 3.8) is 0 Å². The molecule has 0 bridgehead atoms. The van der Waals surface area contributed by atoms with Gasteiger partial charge in [-0.25, -0.2) is 0 Å². The van der Waals surface area contributed by atoms with Gasteiger partial charge in [-0.3, -0.25) is 9.59 Å². The molecule has 0 aromatic carbocycles. The average molecular weight is 225 g/mol. The van der Waals surface area contributed by atoms with Gasteiger partial charge >= 0.3 is 0 Å². The molecule has 2 amide bonds. The zero-order valence-electron chi connectivity index (χ0n) is 8.94. The second kappa shape index (κ2) is 6.08. The number of nitrogens with one attached hydrogen (secondary N) is 1. The predicted molar refractivity (Wildman–Crippen MR) is 54.9 cm³/mol. The molecular weight excluding hydrogens is 210 g/mol. The summed E-state index contributed by atoms with van der Waals surface area (Å²) in [6, 6.07) is 1.16. The van der Waals surface area contributed by atoms with Gasteiger partial charge < -0.3 is 15.8 Å². The lowest BCUT2D eigenvalue weighted by molar-refractivity contribution is -0.130. The lowest BCUT2D eigenvalue weighted by Gasteiger charge is -2.16. The van der Waals surface area contributed by atoms with Crippen LogP contribution < -0.4 is 11.1 Å². The lowest BCUT2D eigenvalue weighted by atomic mass is 10.1. The number of carbonyl (C=O) groups excluding carboxylic acids is 2. The van der Waals surface area contributed by atoms with E-state index in [1.54, 1.807) is 0 Å². The van der Waals surface area contributed by atoms with E-state index in [2.05, 4.69) is 5.32 Å². The molecule has 1 fully saturated rings. The number of nitrogens with two attached hydrogens (primary N) is 1. The molecule has 0 spiro atoms. The summed E-state index contributed by atoms with van der Waals surface area (Å²) in [4.78, 5) is 22.7. The van der Waals surface area contributed by atoms with E-state index in [0.29, 0.717) is 19.6 Å². The Hall–Kier alpha value is -1.61. The number of hydrogen-bond acceptors (Lipinski definition) is 4. The molecule has 0 radical (unpaired) electrons. The number of amides is 2. The van der Waals surface area contributed by atoms with Crippen molar-refractivity contribution in [2.24, 2.45) is 11.7 Å². The molecule has 0 saturated carbocycles. The average Bonchev–Trinajstić information content (AvgIpc) is 2.76. The Kier molecular flexibility index (Phi) is 4.73. The van der Waals surface area contributed by atoms with Gasteiger partial charge in [0.05, 0.1) is 18.6 Å². The Balaban J connectivity index is 2.44. The molecule has 0 aliphatic carbocycles. The molecule has 88 valence electrons. The highest BCUT2D eigenvalue weighted by atomic mass is 16.5. The van der Waals surface area contributed by atoms with Gasteiger partial charge in [0.25, 0.3) is 0 Å². The Morgan fingerprint density at radius 2 is 2.38 bits per heavy atom. The molecule has 1 aliphatic heterocycles. The normalized spacial score (nSPS) is 21.1. The minimum atomic E-state index is -0.757. The highest BCUT2D eigenvalue weighted by molar-refractivity contribution is 5.87. The van der Waals surface area contributed by atoms with Crippen LogP contribution in [0, 0.1) is 17.2 Å². The molecule has 1 heterocycles. The van der Waals surface area contributed by atoms with Crippen molar-refractivity contribution in [3.05, 3.63) is 0 Å². The van der Waals surface area contributed by atoms with E-state index in [4.69, 9.17) is 15.7 Å². The maximum atomic E-state index is 11.6. The van der Waals surface area contributed by atoms with E-state index in [0.717, 1.165) is 0 Å². The topological polar surface area (TPSA) is 105 Å². The minimum Gasteiger partial charge on any atom is -0.381 e. The van der Waals surface area contributed by atoms with Crippen LogP contribution in [0.5, 0.6) is 0 Å². The summed E-state index contributed by atoms with van der Waals surface area (Å²) in [5, 5.41) is 11.0.